The number of fused-ring (bicyclic) bond motifs is 3. The first-order valence-electron chi connectivity index (χ1n) is 7.91. The first kappa shape index (κ1) is 17.1. The lowest BCUT2D eigenvalue weighted by atomic mass is 10.1. The number of esters is 1. The molecule has 4 rings (SSSR count). The van der Waals surface area contributed by atoms with Gasteiger partial charge in [0.1, 0.15) is 9.77 Å². The number of aromatic nitrogens is 3. The van der Waals surface area contributed by atoms with Gasteiger partial charge in [0.25, 0.3) is 0 Å². The Labute approximate surface area is 154 Å². The normalized spacial score (nSPS) is 15.2. The summed E-state index contributed by atoms with van der Waals surface area (Å²) in [4.78, 5) is 16.3. The molecular formula is C16H16N4O4S2. The van der Waals surface area contributed by atoms with Crippen LogP contribution in [0, 0.1) is 6.92 Å². The van der Waals surface area contributed by atoms with Gasteiger partial charge in [-0.25, -0.2) is 22.7 Å². The van der Waals surface area contributed by atoms with E-state index in [1.54, 1.807) is 16.1 Å². The van der Waals surface area contributed by atoms with Crippen LogP contribution in [0.1, 0.15) is 26.6 Å². The Morgan fingerprint density at radius 2 is 2.19 bits per heavy atom. The first-order valence-corrected chi connectivity index (χ1v) is 10.2. The molecule has 0 saturated carbocycles. The highest BCUT2D eigenvalue weighted by Gasteiger charge is 2.33. The van der Waals surface area contributed by atoms with Gasteiger partial charge in [-0.15, -0.1) is 11.3 Å². The molecule has 26 heavy (non-hydrogen) atoms. The van der Waals surface area contributed by atoms with Crippen LogP contribution in [-0.4, -0.2) is 46.9 Å². The van der Waals surface area contributed by atoms with E-state index in [1.165, 1.54) is 17.5 Å². The molecule has 0 atom stereocenters. The minimum atomic E-state index is -3.81. The van der Waals surface area contributed by atoms with Crippen molar-refractivity contribution in [3.63, 3.8) is 0 Å². The second-order valence-electron chi connectivity index (χ2n) is 5.98. The summed E-state index contributed by atoms with van der Waals surface area (Å²) in [6, 6.07) is 3.33. The fourth-order valence-electron chi connectivity index (χ4n) is 3.12. The molecule has 0 spiro atoms. The number of methoxy groups -OCH3 is 1. The summed E-state index contributed by atoms with van der Waals surface area (Å²) in [6.45, 7) is 2.39. The van der Waals surface area contributed by atoms with E-state index < -0.39 is 16.0 Å². The Morgan fingerprint density at radius 1 is 1.38 bits per heavy atom. The minimum absolute atomic E-state index is 0.0122. The highest BCUT2D eigenvalue weighted by atomic mass is 32.2. The number of aryl methyl sites for hydroxylation is 1. The maximum Gasteiger partial charge on any atom is 0.349 e. The van der Waals surface area contributed by atoms with Gasteiger partial charge in [0.2, 0.25) is 10.0 Å². The summed E-state index contributed by atoms with van der Waals surface area (Å²) in [6.07, 6.45) is 2.22. The fourth-order valence-corrected chi connectivity index (χ4v) is 5.84. The van der Waals surface area contributed by atoms with E-state index in [0.29, 0.717) is 13.0 Å². The molecule has 1 aliphatic heterocycles. The highest BCUT2D eigenvalue weighted by Crippen LogP contribution is 2.29. The highest BCUT2D eigenvalue weighted by molar-refractivity contribution is 7.89. The number of carbonyl (C=O) groups excluding carboxylic acids is 1. The Hall–Kier alpha value is -2.30. The predicted octanol–water partition coefficient (Wildman–Crippen LogP) is 1.63. The standard InChI is InChI=1S/C16H16N4O4S2/c1-10-7-14-17-8-11-9-19(5-3-12(11)20(14)18-10)26(22,23)13-4-6-25-15(13)16(21)24-2/h4,6-8H,3,5,9H2,1-2H3. The van der Waals surface area contributed by atoms with Crippen LogP contribution in [0.2, 0.25) is 0 Å². The Balaban J connectivity index is 1.71. The van der Waals surface area contributed by atoms with E-state index in [1.807, 2.05) is 13.0 Å². The molecule has 0 N–H and O–H groups in total. The number of carbonyl (C=O) groups is 1. The Morgan fingerprint density at radius 3 is 2.96 bits per heavy atom. The number of hydrogen-bond acceptors (Lipinski definition) is 7. The summed E-state index contributed by atoms with van der Waals surface area (Å²) in [5, 5.41) is 6.02. The molecule has 10 heteroatoms. The number of sulfonamides is 1. The SMILES string of the molecule is COC(=O)c1sccc1S(=O)(=O)N1CCc2c(cnc3cc(C)nn23)C1. The van der Waals surface area contributed by atoms with Gasteiger partial charge in [-0.05, 0) is 18.4 Å². The monoisotopic (exact) mass is 392 g/mol. The van der Waals surface area contributed by atoms with E-state index in [4.69, 9.17) is 4.74 Å². The summed E-state index contributed by atoms with van der Waals surface area (Å²) in [7, 11) is -2.58. The van der Waals surface area contributed by atoms with Crippen LogP contribution in [0.5, 0.6) is 0 Å². The predicted molar refractivity (Wildman–Crippen MR) is 94.7 cm³/mol. The average molecular weight is 392 g/mol. The topological polar surface area (TPSA) is 93.9 Å². The molecule has 0 radical (unpaired) electrons. The van der Waals surface area contributed by atoms with E-state index in [0.717, 1.165) is 33.9 Å². The van der Waals surface area contributed by atoms with Gasteiger partial charge in [-0.3, -0.25) is 0 Å². The van der Waals surface area contributed by atoms with Crippen molar-refractivity contribution in [2.75, 3.05) is 13.7 Å². The second kappa shape index (κ2) is 6.15. The van der Waals surface area contributed by atoms with Crippen molar-refractivity contribution in [1.82, 2.24) is 18.9 Å². The zero-order chi connectivity index (χ0) is 18.5. The molecule has 0 unspecified atom stereocenters. The number of rotatable bonds is 3. The number of hydrogen-bond donors (Lipinski definition) is 0. The van der Waals surface area contributed by atoms with Crippen molar-refractivity contribution < 1.29 is 17.9 Å². The molecule has 0 fully saturated rings. The number of nitrogens with zero attached hydrogens (tertiary/aromatic N) is 4. The molecule has 4 heterocycles. The molecule has 3 aromatic rings. The quantitative estimate of drug-likeness (QED) is 0.629. The van der Waals surface area contributed by atoms with E-state index >= 15 is 0 Å². The Kier molecular flexibility index (Phi) is 4.05. The summed E-state index contributed by atoms with van der Waals surface area (Å²) >= 11 is 1.06. The van der Waals surface area contributed by atoms with E-state index in [9.17, 15) is 13.2 Å². The molecular weight excluding hydrogens is 376 g/mol. The third-order valence-electron chi connectivity index (χ3n) is 4.35. The molecule has 136 valence electrons. The van der Waals surface area contributed by atoms with Gasteiger partial charge >= 0.3 is 5.97 Å². The van der Waals surface area contributed by atoms with Crippen molar-refractivity contribution >= 4 is 33.0 Å². The minimum Gasteiger partial charge on any atom is -0.465 e. The van der Waals surface area contributed by atoms with Gasteiger partial charge in [-0.1, -0.05) is 0 Å². The van der Waals surface area contributed by atoms with Crippen molar-refractivity contribution in [1.29, 1.82) is 0 Å². The maximum absolute atomic E-state index is 13.0. The van der Waals surface area contributed by atoms with Gasteiger partial charge < -0.3 is 4.74 Å². The fraction of sp³-hybridized carbons (Fsp3) is 0.312. The van der Waals surface area contributed by atoms with Crippen LogP contribution in [0.4, 0.5) is 0 Å². The zero-order valence-corrected chi connectivity index (χ0v) is 15.8. The number of thiophene rings is 1. The van der Waals surface area contributed by atoms with Gasteiger partial charge in [-0.2, -0.15) is 9.40 Å². The van der Waals surface area contributed by atoms with Crippen LogP contribution >= 0.6 is 11.3 Å². The van der Waals surface area contributed by atoms with Crippen LogP contribution < -0.4 is 0 Å². The van der Waals surface area contributed by atoms with Crippen molar-refractivity contribution in [3.8, 4) is 0 Å². The summed E-state index contributed by atoms with van der Waals surface area (Å²) in [5.41, 5.74) is 3.39. The van der Waals surface area contributed by atoms with E-state index in [-0.39, 0.29) is 16.3 Å². The van der Waals surface area contributed by atoms with Gasteiger partial charge in [0.05, 0.1) is 18.5 Å². The molecule has 0 aliphatic carbocycles. The summed E-state index contributed by atoms with van der Waals surface area (Å²) < 4.78 is 33.9. The largest absolute Gasteiger partial charge is 0.465 e. The first-order chi connectivity index (χ1) is 12.4. The average Bonchev–Trinajstić information content (AvgIpc) is 3.26. The van der Waals surface area contributed by atoms with Crippen molar-refractivity contribution in [3.05, 3.63) is 45.5 Å². The van der Waals surface area contributed by atoms with Crippen LogP contribution in [0.25, 0.3) is 5.65 Å². The molecule has 0 saturated heterocycles. The van der Waals surface area contributed by atoms with Crippen molar-refractivity contribution in [2.24, 2.45) is 0 Å². The van der Waals surface area contributed by atoms with E-state index in [2.05, 4.69) is 10.1 Å². The molecule has 0 bridgehead atoms. The molecule has 8 nitrogen and oxygen atoms in total. The van der Waals surface area contributed by atoms with Crippen LogP contribution in [0.15, 0.2) is 28.6 Å². The lowest BCUT2D eigenvalue weighted by molar-refractivity contribution is 0.0602. The Bertz CT molecular complexity index is 1120. The molecule has 0 aromatic carbocycles. The lowest BCUT2D eigenvalue weighted by Gasteiger charge is -2.27. The third kappa shape index (κ3) is 2.61. The smallest absolute Gasteiger partial charge is 0.349 e. The summed E-state index contributed by atoms with van der Waals surface area (Å²) in [5.74, 6) is -0.647. The zero-order valence-electron chi connectivity index (χ0n) is 14.2. The molecule has 3 aromatic heterocycles. The molecule has 1 aliphatic rings. The van der Waals surface area contributed by atoms with Crippen LogP contribution in [0.3, 0.4) is 0 Å². The lowest BCUT2D eigenvalue weighted by Crippen LogP contribution is -2.37. The van der Waals surface area contributed by atoms with Gasteiger partial charge in [0, 0.05) is 37.3 Å². The number of ether oxygens (including phenoxy) is 1. The second-order valence-corrected chi connectivity index (χ2v) is 8.80. The van der Waals surface area contributed by atoms with Gasteiger partial charge in [0.15, 0.2) is 5.65 Å². The van der Waals surface area contributed by atoms with Crippen LogP contribution in [-0.2, 0) is 27.7 Å². The molecule has 0 amide bonds. The maximum atomic E-state index is 13.0. The van der Waals surface area contributed by atoms with Crippen molar-refractivity contribution in [2.45, 2.75) is 24.8 Å². The third-order valence-corrected chi connectivity index (χ3v) is 7.27.